The number of nitrogens with two attached hydrogens (primary N) is 1. The first-order valence-electron chi connectivity index (χ1n) is 10.0. The molecular weight excluding hydrogens is 330 g/mol. The van der Waals surface area contributed by atoms with Crippen LogP contribution in [0.5, 0.6) is 0 Å². The summed E-state index contributed by atoms with van der Waals surface area (Å²) in [4.78, 5) is 24.4. The van der Waals surface area contributed by atoms with Gasteiger partial charge in [0.1, 0.15) is 5.60 Å². The highest BCUT2D eigenvalue weighted by Gasteiger charge is 2.68. The quantitative estimate of drug-likeness (QED) is 0.696. The molecule has 0 unspecified atom stereocenters. The monoisotopic (exact) mass is 361 g/mol. The van der Waals surface area contributed by atoms with Crippen LogP contribution in [0.3, 0.4) is 0 Å². The summed E-state index contributed by atoms with van der Waals surface area (Å²) in [6.07, 6.45) is 6.08. The molecule has 0 aliphatic heterocycles. The van der Waals surface area contributed by atoms with Crippen LogP contribution in [0.1, 0.15) is 58.8 Å². The molecule has 4 aliphatic carbocycles. The Labute approximate surface area is 155 Å². The van der Waals surface area contributed by atoms with Crippen molar-refractivity contribution in [3.63, 3.8) is 0 Å². The summed E-state index contributed by atoms with van der Waals surface area (Å²) in [6, 6.07) is 0. The molecule has 0 aromatic carbocycles. The van der Waals surface area contributed by atoms with E-state index in [1.807, 2.05) is 13.0 Å². The highest BCUT2D eigenvalue weighted by atomic mass is 16.3. The van der Waals surface area contributed by atoms with Crippen molar-refractivity contribution in [2.45, 2.75) is 70.5 Å². The van der Waals surface area contributed by atoms with Crippen LogP contribution < -0.4 is 5.73 Å². The Hall–Kier alpha value is -1.04. The second-order valence-corrected chi connectivity index (χ2v) is 9.60. The highest BCUT2D eigenvalue weighted by Crippen LogP contribution is 2.67. The standard InChI is InChI=1S/C21H31NO4/c1-19-7-5-13(23)9-12(19)3-4-14-15-6-8-21(26,17(25)11-22)20(15,2)10-16(24)18(14)19/h9,14-16,18,24,26H,3-8,10-11,22H2,1-2H3/t14-,15-,16-,18+,19-,20-,21-/m0/s1. The number of hydrogen-bond acceptors (Lipinski definition) is 5. The Morgan fingerprint density at radius 2 is 2.00 bits per heavy atom. The smallest absolute Gasteiger partial charge is 0.178 e. The van der Waals surface area contributed by atoms with Crippen molar-refractivity contribution in [1.29, 1.82) is 0 Å². The van der Waals surface area contributed by atoms with Crippen LogP contribution >= 0.6 is 0 Å². The lowest BCUT2D eigenvalue weighted by molar-refractivity contribution is -0.179. The number of fused-ring (bicyclic) bond motifs is 5. The van der Waals surface area contributed by atoms with Crippen LogP contribution in [0.4, 0.5) is 0 Å². The van der Waals surface area contributed by atoms with E-state index in [0.29, 0.717) is 19.3 Å². The third-order valence-electron chi connectivity index (χ3n) is 8.70. The third kappa shape index (κ3) is 2.14. The van der Waals surface area contributed by atoms with E-state index in [0.717, 1.165) is 25.7 Å². The van der Waals surface area contributed by atoms with Gasteiger partial charge in [0, 0.05) is 11.8 Å². The SMILES string of the molecule is C[C@]12CCC(=O)C=C1CC[C@@H]1[C@@H]2[C@@H](O)C[C@@]2(C)[C@H]1CC[C@]2(O)C(=O)CN. The summed E-state index contributed by atoms with van der Waals surface area (Å²) >= 11 is 0. The summed E-state index contributed by atoms with van der Waals surface area (Å²) in [5.41, 5.74) is 4.61. The summed E-state index contributed by atoms with van der Waals surface area (Å²) in [6.45, 7) is 4.03. The molecular formula is C21H31NO4. The molecule has 5 nitrogen and oxygen atoms in total. The first-order valence-corrected chi connectivity index (χ1v) is 10.0. The molecule has 3 fully saturated rings. The maximum absolute atomic E-state index is 12.5. The van der Waals surface area contributed by atoms with E-state index in [1.54, 1.807) is 0 Å². The topological polar surface area (TPSA) is 101 Å². The van der Waals surface area contributed by atoms with Gasteiger partial charge in [0.15, 0.2) is 11.6 Å². The number of aliphatic hydroxyl groups excluding tert-OH is 1. The van der Waals surface area contributed by atoms with E-state index < -0.39 is 17.1 Å². The number of carbonyl (C=O) groups is 2. The van der Waals surface area contributed by atoms with Gasteiger partial charge >= 0.3 is 0 Å². The van der Waals surface area contributed by atoms with Crippen molar-refractivity contribution in [3.8, 4) is 0 Å². The third-order valence-corrected chi connectivity index (χ3v) is 8.70. The van der Waals surface area contributed by atoms with Gasteiger partial charge in [-0.2, -0.15) is 0 Å². The van der Waals surface area contributed by atoms with Gasteiger partial charge in [-0.3, -0.25) is 9.59 Å². The van der Waals surface area contributed by atoms with Gasteiger partial charge in [0.2, 0.25) is 0 Å². The fourth-order valence-corrected chi connectivity index (χ4v) is 7.32. The van der Waals surface area contributed by atoms with E-state index >= 15 is 0 Å². The minimum Gasteiger partial charge on any atom is -0.393 e. The van der Waals surface area contributed by atoms with Crippen molar-refractivity contribution in [1.82, 2.24) is 0 Å². The first kappa shape index (κ1) is 18.3. The summed E-state index contributed by atoms with van der Waals surface area (Å²) in [5.74, 6) is 0.504. The Balaban J connectivity index is 1.74. The molecule has 4 N–H and O–H groups in total. The van der Waals surface area contributed by atoms with Gasteiger partial charge in [-0.25, -0.2) is 0 Å². The Morgan fingerprint density at radius 1 is 1.27 bits per heavy atom. The molecule has 0 heterocycles. The minimum absolute atomic E-state index is 0.101. The van der Waals surface area contributed by atoms with Crippen LogP contribution in [-0.2, 0) is 9.59 Å². The number of allylic oxidation sites excluding steroid dienone is 1. The molecule has 3 saturated carbocycles. The average Bonchev–Trinajstić information content (AvgIpc) is 2.86. The number of rotatable bonds is 2. The molecule has 0 spiro atoms. The number of Topliss-reactive ketones (excluding diaryl/α,β-unsaturated/α-hetero) is 1. The largest absolute Gasteiger partial charge is 0.393 e. The number of ketones is 2. The summed E-state index contributed by atoms with van der Waals surface area (Å²) in [7, 11) is 0. The van der Waals surface area contributed by atoms with Crippen LogP contribution in [0.2, 0.25) is 0 Å². The van der Waals surface area contributed by atoms with Gasteiger partial charge < -0.3 is 15.9 Å². The number of aliphatic hydroxyl groups is 2. The highest BCUT2D eigenvalue weighted by molar-refractivity contribution is 5.92. The molecule has 0 saturated heterocycles. The van der Waals surface area contributed by atoms with Crippen molar-refractivity contribution < 1.29 is 19.8 Å². The van der Waals surface area contributed by atoms with Crippen molar-refractivity contribution in [3.05, 3.63) is 11.6 Å². The Morgan fingerprint density at radius 3 is 2.69 bits per heavy atom. The van der Waals surface area contributed by atoms with Gasteiger partial charge in [0.25, 0.3) is 0 Å². The second kappa shape index (κ2) is 5.73. The van der Waals surface area contributed by atoms with E-state index in [2.05, 4.69) is 6.92 Å². The molecule has 0 aromatic heterocycles. The van der Waals surface area contributed by atoms with Crippen LogP contribution in [-0.4, -0.2) is 40.0 Å². The number of hydrogen-bond donors (Lipinski definition) is 3. The zero-order valence-corrected chi connectivity index (χ0v) is 15.8. The maximum Gasteiger partial charge on any atom is 0.178 e. The van der Waals surface area contributed by atoms with Crippen LogP contribution in [0.25, 0.3) is 0 Å². The fourth-order valence-electron chi connectivity index (χ4n) is 7.32. The van der Waals surface area contributed by atoms with Gasteiger partial charge in [-0.15, -0.1) is 0 Å². The van der Waals surface area contributed by atoms with E-state index in [-0.39, 0.29) is 41.3 Å². The first-order chi connectivity index (χ1) is 12.2. The Bertz CT molecular complexity index is 687. The van der Waals surface area contributed by atoms with Crippen molar-refractivity contribution in [2.75, 3.05) is 6.54 Å². The van der Waals surface area contributed by atoms with Crippen LogP contribution in [0, 0.1) is 28.6 Å². The van der Waals surface area contributed by atoms with E-state index in [4.69, 9.17) is 5.73 Å². The fraction of sp³-hybridized carbons (Fsp3) is 0.810. The molecule has 4 rings (SSSR count). The summed E-state index contributed by atoms with van der Waals surface area (Å²) < 4.78 is 0. The molecule has 0 aromatic rings. The average molecular weight is 361 g/mol. The molecule has 7 atom stereocenters. The maximum atomic E-state index is 12.5. The second-order valence-electron chi connectivity index (χ2n) is 9.60. The molecule has 0 bridgehead atoms. The van der Waals surface area contributed by atoms with E-state index in [9.17, 15) is 19.8 Å². The molecule has 26 heavy (non-hydrogen) atoms. The molecule has 144 valence electrons. The van der Waals surface area contributed by atoms with Gasteiger partial charge in [-0.05, 0) is 67.8 Å². The van der Waals surface area contributed by atoms with Crippen molar-refractivity contribution >= 4 is 11.6 Å². The normalized spacial score (nSPS) is 50.5. The minimum atomic E-state index is -1.42. The zero-order chi connectivity index (χ0) is 18.9. The number of carbonyl (C=O) groups excluding carboxylic acids is 2. The van der Waals surface area contributed by atoms with Gasteiger partial charge in [-0.1, -0.05) is 19.4 Å². The van der Waals surface area contributed by atoms with E-state index in [1.165, 1.54) is 5.57 Å². The van der Waals surface area contributed by atoms with Gasteiger partial charge in [0.05, 0.1) is 12.6 Å². The lowest BCUT2D eigenvalue weighted by Crippen LogP contribution is -2.62. The predicted octanol–water partition coefficient (Wildman–Crippen LogP) is 1.75. The molecule has 5 heteroatoms. The summed E-state index contributed by atoms with van der Waals surface area (Å²) in [5, 5.41) is 22.5. The van der Waals surface area contributed by atoms with Crippen LogP contribution in [0.15, 0.2) is 11.6 Å². The predicted molar refractivity (Wildman–Crippen MR) is 97.1 cm³/mol. The lowest BCUT2D eigenvalue weighted by atomic mass is 9.45. The van der Waals surface area contributed by atoms with Crippen molar-refractivity contribution in [2.24, 2.45) is 34.3 Å². The molecule has 0 amide bonds. The Kier molecular flexibility index (Phi) is 4.04. The lowest BCUT2D eigenvalue weighted by Gasteiger charge is -2.60. The molecule has 0 radical (unpaired) electrons. The zero-order valence-electron chi connectivity index (χ0n) is 15.8. The molecule has 4 aliphatic rings.